The largest absolute Gasteiger partial charge is 0.326 e. The molecular weight excluding hydrogens is 366 g/mol. The highest BCUT2D eigenvalue weighted by Crippen LogP contribution is 2.61. The van der Waals surface area contributed by atoms with Gasteiger partial charge in [0, 0.05) is 17.5 Å². The van der Waals surface area contributed by atoms with Crippen LogP contribution in [0.4, 0.5) is 5.69 Å². The summed E-state index contributed by atoms with van der Waals surface area (Å²) in [6.07, 6.45) is 0.838. The van der Waals surface area contributed by atoms with Crippen LogP contribution < -0.4 is 5.32 Å². The van der Waals surface area contributed by atoms with E-state index >= 15 is 0 Å². The van der Waals surface area contributed by atoms with Crippen LogP contribution in [0.5, 0.6) is 0 Å². The highest BCUT2D eigenvalue weighted by atomic mass is 16.2. The molecule has 2 nitrogen and oxygen atoms in total. The van der Waals surface area contributed by atoms with Crippen LogP contribution in [0.15, 0.2) is 91.0 Å². The van der Waals surface area contributed by atoms with Crippen LogP contribution in [0.1, 0.15) is 47.4 Å². The smallest absolute Gasteiger partial charge is 0.231 e. The van der Waals surface area contributed by atoms with Gasteiger partial charge in [-0.2, -0.15) is 0 Å². The number of carbonyl (C=O) groups is 1. The van der Waals surface area contributed by atoms with Gasteiger partial charge in [0.2, 0.25) is 5.91 Å². The first-order valence-corrected chi connectivity index (χ1v) is 10.6. The quantitative estimate of drug-likeness (QED) is 0.418. The minimum Gasteiger partial charge on any atom is -0.326 e. The molecule has 0 aromatic heterocycles. The molecule has 0 aliphatic heterocycles. The molecule has 3 aliphatic carbocycles. The van der Waals surface area contributed by atoms with E-state index in [0.717, 1.165) is 17.5 Å². The average Bonchev–Trinajstić information content (AvgIpc) is 2.79. The number of carbonyl (C=O) groups excluding carboxylic acids is 1. The van der Waals surface area contributed by atoms with E-state index < -0.39 is 5.41 Å². The lowest BCUT2D eigenvalue weighted by Crippen LogP contribution is -2.47. The number of nitrogens with one attached hydrogen (secondary N) is 1. The van der Waals surface area contributed by atoms with Gasteiger partial charge >= 0.3 is 0 Å². The Bertz CT molecular complexity index is 1260. The molecule has 4 aromatic rings. The molecule has 4 aromatic carbocycles. The topological polar surface area (TPSA) is 29.1 Å². The van der Waals surface area contributed by atoms with Gasteiger partial charge in [-0.1, -0.05) is 78.9 Å². The third-order valence-electron chi connectivity index (χ3n) is 7.16. The number of anilines is 1. The zero-order valence-corrected chi connectivity index (χ0v) is 16.9. The first-order chi connectivity index (χ1) is 14.6. The van der Waals surface area contributed by atoms with Crippen LogP contribution in [-0.4, -0.2) is 5.91 Å². The normalized spacial score (nSPS) is 23.6. The lowest BCUT2D eigenvalue weighted by molar-refractivity contribution is -0.126. The third-order valence-corrected chi connectivity index (χ3v) is 7.16. The van der Waals surface area contributed by atoms with E-state index in [1.54, 1.807) is 0 Å². The van der Waals surface area contributed by atoms with E-state index in [9.17, 15) is 4.79 Å². The molecule has 1 atom stereocenters. The van der Waals surface area contributed by atoms with Gasteiger partial charge in [-0.15, -0.1) is 0 Å². The zero-order chi connectivity index (χ0) is 20.3. The summed E-state index contributed by atoms with van der Waals surface area (Å²) in [5, 5.41) is 5.57. The number of rotatable bonds is 2. The fourth-order valence-corrected chi connectivity index (χ4v) is 5.73. The molecular formula is C28H23NO. The van der Waals surface area contributed by atoms with Gasteiger partial charge in [-0.05, 0) is 58.5 Å². The van der Waals surface area contributed by atoms with Gasteiger partial charge in [0.05, 0.1) is 5.41 Å². The van der Waals surface area contributed by atoms with Crippen LogP contribution >= 0.6 is 0 Å². The van der Waals surface area contributed by atoms with Gasteiger partial charge in [-0.25, -0.2) is 0 Å². The molecule has 0 fully saturated rings. The summed E-state index contributed by atoms with van der Waals surface area (Å²) >= 11 is 0. The number of hydrogen-bond acceptors (Lipinski definition) is 1. The van der Waals surface area contributed by atoms with Crippen LogP contribution in [0.2, 0.25) is 0 Å². The number of amides is 1. The molecule has 0 heterocycles. The Labute approximate surface area is 176 Å². The summed E-state index contributed by atoms with van der Waals surface area (Å²) in [5.41, 5.74) is 5.77. The van der Waals surface area contributed by atoms with Crippen molar-refractivity contribution in [3.63, 3.8) is 0 Å². The van der Waals surface area contributed by atoms with Crippen molar-refractivity contribution >= 4 is 22.4 Å². The lowest BCUT2D eigenvalue weighted by atomic mass is 9.52. The first kappa shape index (κ1) is 17.5. The van der Waals surface area contributed by atoms with Crippen LogP contribution in [0.25, 0.3) is 10.8 Å². The Kier molecular flexibility index (Phi) is 3.67. The predicted molar refractivity (Wildman–Crippen MR) is 122 cm³/mol. The summed E-state index contributed by atoms with van der Waals surface area (Å²) in [5.74, 6) is 0.460. The minimum atomic E-state index is -0.487. The Morgan fingerprint density at radius 2 is 1.33 bits per heavy atom. The van der Waals surface area contributed by atoms with E-state index in [4.69, 9.17) is 0 Å². The Balaban J connectivity index is 1.42. The van der Waals surface area contributed by atoms with Gasteiger partial charge in [0.15, 0.2) is 0 Å². The second-order valence-corrected chi connectivity index (χ2v) is 8.88. The SMILES string of the molecule is CC1(C(=O)Nc2ccc3ccccc3c2)CC2c3ccccc3C1c1ccccc12. The van der Waals surface area contributed by atoms with Crippen LogP contribution in [0.3, 0.4) is 0 Å². The molecule has 30 heavy (non-hydrogen) atoms. The molecule has 1 amide bonds. The lowest BCUT2D eigenvalue weighted by Gasteiger charge is -2.50. The van der Waals surface area contributed by atoms with E-state index in [0.29, 0.717) is 0 Å². The van der Waals surface area contributed by atoms with Crippen molar-refractivity contribution < 1.29 is 4.79 Å². The van der Waals surface area contributed by atoms with E-state index in [-0.39, 0.29) is 17.7 Å². The van der Waals surface area contributed by atoms with Crippen molar-refractivity contribution in [2.24, 2.45) is 5.41 Å². The minimum absolute atomic E-state index is 0.0790. The average molecular weight is 389 g/mol. The number of fused-ring (bicyclic) bond motifs is 2. The number of hydrogen-bond donors (Lipinski definition) is 1. The fraction of sp³-hybridized carbons (Fsp3) is 0.179. The third kappa shape index (κ3) is 2.40. The fourth-order valence-electron chi connectivity index (χ4n) is 5.73. The maximum absolute atomic E-state index is 13.7. The molecule has 146 valence electrons. The molecule has 7 rings (SSSR count). The van der Waals surface area contributed by atoms with Crippen molar-refractivity contribution in [1.29, 1.82) is 0 Å². The monoisotopic (exact) mass is 389 g/mol. The van der Waals surface area contributed by atoms with Gasteiger partial charge in [0.1, 0.15) is 0 Å². The Hall–Kier alpha value is -3.39. The van der Waals surface area contributed by atoms with Gasteiger partial charge < -0.3 is 5.32 Å². The zero-order valence-electron chi connectivity index (χ0n) is 16.9. The summed E-state index contributed by atoms with van der Waals surface area (Å²) in [6, 6.07) is 31.7. The van der Waals surface area contributed by atoms with Gasteiger partial charge in [0.25, 0.3) is 0 Å². The van der Waals surface area contributed by atoms with Crippen LogP contribution in [0, 0.1) is 5.41 Å². The molecule has 0 radical (unpaired) electrons. The molecule has 1 unspecified atom stereocenters. The summed E-state index contributed by atoms with van der Waals surface area (Å²) < 4.78 is 0. The van der Waals surface area contributed by atoms with Crippen molar-refractivity contribution in [2.75, 3.05) is 5.32 Å². The maximum atomic E-state index is 13.7. The summed E-state index contributed by atoms with van der Waals surface area (Å²) in [4.78, 5) is 13.7. The molecule has 0 saturated carbocycles. The Morgan fingerprint density at radius 1 is 0.767 bits per heavy atom. The standard InChI is InChI=1S/C28H23NO/c1-28(27(30)29-20-15-14-18-8-2-3-9-19(18)16-20)17-25-21-10-4-6-12-23(21)26(28)24-13-7-5-11-22(24)25/h2-16,25-26H,17H2,1H3,(H,29,30). The molecule has 2 heteroatoms. The van der Waals surface area contributed by atoms with Crippen molar-refractivity contribution in [1.82, 2.24) is 0 Å². The predicted octanol–water partition coefficient (Wildman–Crippen LogP) is 6.47. The summed E-state index contributed by atoms with van der Waals surface area (Å²) in [7, 11) is 0. The van der Waals surface area contributed by atoms with Crippen molar-refractivity contribution in [3.8, 4) is 0 Å². The number of benzene rings is 4. The second kappa shape index (κ2) is 6.30. The second-order valence-electron chi connectivity index (χ2n) is 8.88. The van der Waals surface area contributed by atoms with E-state index in [2.05, 4.69) is 85.0 Å². The molecule has 0 saturated heterocycles. The highest BCUT2D eigenvalue weighted by molar-refractivity contribution is 5.99. The molecule has 1 N–H and O–H groups in total. The van der Waals surface area contributed by atoms with E-state index in [1.807, 2.05) is 18.2 Å². The maximum Gasteiger partial charge on any atom is 0.231 e. The van der Waals surface area contributed by atoms with Crippen molar-refractivity contribution in [3.05, 3.63) is 113 Å². The highest BCUT2D eigenvalue weighted by Gasteiger charge is 2.53. The van der Waals surface area contributed by atoms with Crippen LogP contribution in [-0.2, 0) is 4.79 Å². The van der Waals surface area contributed by atoms with E-state index in [1.165, 1.54) is 27.6 Å². The molecule has 2 bridgehead atoms. The molecule has 0 spiro atoms. The first-order valence-electron chi connectivity index (χ1n) is 10.6. The van der Waals surface area contributed by atoms with Gasteiger partial charge in [-0.3, -0.25) is 4.79 Å². The summed E-state index contributed by atoms with van der Waals surface area (Å²) in [6.45, 7) is 2.15. The Morgan fingerprint density at radius 3 is 2.00 bits per heavy atom. The molecule has 3 aliphatic rings. The van der Waals surface area contributed by atoms with Crippen molar-refractivity contribution in [2.45, 2.75) is 25.2 Å².